The molecule has 0 radical (unpaired) electrons. The highest BCUT2D eigenvalue weighted by Crippen LogP contribution is 2.27. The van der Waals surface area contributed by atoms with E-state index in [9.17, 15) is 14.7 Å². The Morgan fingerprint density at radius 1 is 1.05 bits per heavy atom. The first kappa shape index (κ1) is 17.2. The molecule has 1 aromatic carbocycles. The number of esters is 2. The van der Waals surface area contributed by atoms with Crippen molar-refractivity contribution in [3.63, 3.8) is 0 Å². The second-order valence-corrected chi connectivity index (χ2v) is 4.48. The van der Waals surface area contributed by atoms with Crippen LogP contribution in [0.25, 0.3) is 0 Å². The average Bonchev–Trinajstić information content (AvgIpc) is 2.47. The third-order valence-corrected chi connectivity index (χ3v) is 3.15. The van der Waals surface area contributed by atoms with Gasteiger partial charge in [-0.05, 0) is 31.4 Å². The van der Waals surface area contributed by atoms with Crippen LogP contribution in [-0.2, 0) is 25.5 Å². The Labute approximate surface area is 124 Å². The van der Waals surface area contributed by atoms with E-state index in [-0.39, 0.29) is 13.2 Å². The van der Waals surface area contributed by atoms with Crippen LogP contribution in [0.4, 0.5) is 0 Å². The second-order valence-electron chi connectivity index (χ2n) is 4.48. The standard InChI is InChI=1S/C16H22O5/c1-4-11-9-7-8-10-12(11)14(17)13(15(18)20-5-2)16(19)21-6-3/h7-10,13-14,17H,4-6H2,1-3H3. The van der Waals surface area contributed by atoms with Gasteiger partial charge in [-0.3, -0.25) is 9.59 Å². The molecule has 5 heteroatoms. The van der Waals surface area contributed by atoms with Crippen LogP contribution in [0.5, 0.6) is 0 Å². The molecule has 0 bridgehead atoms. The minimum Gasteiger partial charge on any atom is -0.465 e. The topological polar surface area (TPSA) is 72.8 Å². The van der Waals surface area contributed by atoms with Gasteiger partial charge in [0.2, 0.25) is 0 Å². The number of aryl methyl sites for hydroxylation is 1. The molecule has 0 aromatic heterocycles. The number of aliphatic hydroxyl groups is 1. The SMILES string of the molecule is CCOC(=O)C(C(=O)OCC)C(O)c1ccccc1CC. The predicted octanol–water partition coefficient (Wildman–Crippen LogP) is 2.02. The van der Waals surface area contributed by atoms with Crippen LogP contribution in [0.3, 0.4) is 0 Å². The lowest BCUT2D eigenvalue weighted by atomic mass is 9.91. The maximum Gasteiger partial charge on any atom is 0.323 e. The lowest BCUT2D eigenvalue weighted by Gasteiger charge is -2.22. The van der Waals surface area contributed by atoms with Crippen LogP contribution in [0.15, 0.2) is 24.3 Å². The maximum absolute atomic E-state index is 12.0. The summed E-state index contributed by atoms with van der Waals surface area (Å²) in [5, 5.41) is 10.5. The zero-order chi connectivity index (χ0) is 15.8. The van der Waals surface area contributed by atoms with Crippen molar-refractivity contribution >= 4 is 11.9 Å². The van der Waals surface area contributed by atoms with Crippen molar-refractivity contribution in [1.29, 1.82) is 0 Å². The summed E-state index contributed by atoms with van der Waals surface area (Å²) >= 11 is 0. The number of hydrogen-bond acceptors (Lipinski definition) is 5. The summed E-state index contributed by atoms with van der Waals surface area (Å²) in [6.45, 7) is 5.50. The highest BCUT2D eigenvalue weighted by molar-refractivity contribution is 5.95. The quantitative estimate of drug-likeness (QED) is 0.615. The zero-order valence-electron chi connectivity index (χ0n) is 12.7. The average molecular weight is 294 g/mol. The third-order valence-electron chi connectivity index (χ3n) is 3.15. The van der Waals surface area contributed by atoms with Crippen molar-refractivity contribution in [3.05, 3.63) is 35.4 Å². The van der Waals surface area contributed by atoms with Gasteiger partial charge in [0.25, 0.3) is 0 Å². The van der Waals surface area contributed by atoms with E-state index in [1.807, 2.05) is 19.1 Å². The molecule has 1 rings (SSSR count). The van der Waals surface area contributed by atoms with E-state index in [0.717, 1.165) is 5.56 Å². The molecule has 116 valence electrons. The molecule has 0 amide bonds. The fourth-order valence-corrected chi connectivity index (χ4v) is 2.14. The minimum absolute atomic E-state index is 0.136. The van der Waals surface area contributed by atoms with Crippen molar-refractivity contribution in [2.45, 2.75) is 33.3 Å². The summed E-state index contributed by atoms with van der Waals surface area (Å²) in [4.78, 5) is 24.0. The van der Waals surface area contributed by atoms with Gasteiger partial charge >= 0.3 is 11.9 Å². The summed E-state index contributed by atoms with van der Waals surface area (Å²) in [7, 11) is 0. The Morgan fingerprint density at radius 3 is 2.05 bits per heavy atom. The monoisotopic (exact) mass is 294 g/mol. The van der Waals surface area contributed by atoms with Crippen LogP contribution in [0, 0.1) is 5.92 Å². The summed E-state index contributed by atoms with van der Waals surface area (Å²) in [5.74, 6) is -2.90. The Balaban J connectivity index is 3.12. The van der Waals surface area contributed by atoms with Crippen molar-refractivity contribution in [3.8, 4) is 0 Å². The molecule has 1 unspecified atom stereocenters. The second kappa shape index (κ2) is 8.42. The smallest absolute Gasteiger partial charge is 0.323 e. The van der Waals surface area contributed by atoms with Gasteiger partial charge in [0, 0.05) is 0 Å². The largest absolute Gasteiger partial charge is 0.465 e. The van der Waals surface area contributed by atoms with Gasteiger partial charge in [0.1, 0.15) is 6.10 Å². The molecule has 0 fully saturated rings. The summed E-state index contributed by atoms with van der Waals surface area (Å²) in [5.41, 5.74) is 1.43. The van der Waals surface area contributed by atoms with Crippen LogP contribution < -0.4 is 0 Å². The normalized spacial score (nSPS) is 12.0. The molecule has 21 heavy (non-hydrogen) atoms. The number of rotatable bonds is 7. The first-order chi connectivity index (χ1) is 10.1. The number of ether oxygens (including phenoxy) is 2. The van der Waals surface area contributed by atoms with Crippen LogP contribution in [0.1, 0.15) is 38.0 Å². The maximum atomic E-state index is 12.0. The first-order valence-corrected chi connectivity index (χ1v) is 7.15. The molecule has 1 atom stereocenters. The number of hydrogen-bond donors (Lipinski definition) is 1. The van der Waals surface area contributed by atoms with Crippen molar-refractivity contribution in [2.75, 3.05) is 13.2 Å². The highest BCUT2D eigenvalue weighted by atomic mass is 16.6. The molecule has 0 saturated heterocycles. The molecular weight excluding hydrogens is 272 g/mol. The lowest BCUT2D eigenvalue weighted by molar-refractivity contribution is -0.167. The summed E-state index contributed by atoms with van der Waals surface area (Å²) < 4.78 is 9.78. The van der Waals surface area contributed by atoms with Gasteiger partial charge in [0.15, 0.2) is 5.92 Å². The van der Waals surface area contributed by atoms with Gasteiger partial charge in [-0.2, -0.15) is 0 Å². The Morgan fingerprint density at radius 2 is 1.57 bits per heavy atom. The number of carbonyl (C=O) groups excluding carboxylic acids is 2. The van der Waals surface area contributed by atoms with Crippen LogP contribution in [-0.4, -0.2) is 30.3 Å². The van der Waals surface area contributed by atoms with E-state index in [2.05, 4.69) is 0 Å². The molecule has 0 aliphatic heterocycles. The van der Waals surface area contributed by atoms with E-state index in [1.54, 1.807) is 26.0 Å². The van der Waals surface area contributed by atoms with Crippen molar-refractivity contribution in [2.24, 2.45) is 5.92 Å². The van der Waals surface area contributed by atoms with Crippen molar-refractivity contribution < 1.29 is 24.2 Å². The van der Waals surface area contributed by atoms with Crippen LogP contribution >= 0.6 is 0 Å². The molecule has 5 nitrogen and oxygen atoms in total. The highest BCUT2D eigenvalue weighted by Gasteiger charge is 2.38. The van der Waals surface area contributed by atoms with Gasteiger partial charge in [-0.25, -0.2) is 0 Å². The molecule has 0 aliphatic carbocycles. The molecule has 0 spiro atoms. The fourth-order valence-electron chi connectivity index (χ4n) is 2.14. The van der Waals surface area contributed by atoms with Crippen molar-refractivity contribution in [1.82, 2.24) is 0 Å². The molecule has 0 aliphatic rings. The van der Waals surface area contributed by atoms with Gasteiger partial charge in [-0.1, -0.05) is 31.2 Å². The number of aliphatic hydroxyl groups excluding tert-OH is 1. The Hall–Kier alpha value is -1.88. The zero-order valence-corrected chi connectivity index (χ0v) is 12.7. The van der Waals surface area contributed by atoms with E-state index < -0.39 is 24.0 Å². The van der Waals surface area contributed by atoms with E-state index in [1.165, 1.54) is 0 Å². The first-order valence-electron chi connectivity index (χ1n) is 7.15. The summed E-state index contributed by atoms with van der Waals surface area (Å²) in [6.07, 6.45) is -0.592. The molecule has 0 heterocycles. The van der Waals surface area contributed by atoms with E-state index >= 15 is 0 Å². The fraction of sp³-hybridized carbons (Fsp3) is 0.500. The van der Waals surface area contributed by atoms with Gasteiger partial charge < -0.3 is 14.6 Å². The van der Waals surface area contributed by atoms with E-state index in [4.69, 9.17) is 9.47 Å². The number of benzene rings is 1. The number of carbonyl (C=O) groups is 2. The molecule has 1 N–H and O–H groups in total. The Bertz CT molecular complexity index is 465. The van der Waals surface area contributed by atoms with Crippen LogP contribution in [0.2, 0.25) is 0 Å². The van der Waals surface area contributed by atoms with E-state index in [0.29, 0.717) is 12.0 Å². The minimum atomic E-state index is -1.36. The van der Waals surface area contributed by atoms with Gasteiger partial charge in [-0.15, -0.1) is 0 Å². The molecular formula is C16H22O5. The molecule has 0 saturated carbocycles. The van der Waals surface area contributed by atoms with Gasteiger partial charge in [0.05, 0.1) is 13.2 Å². The lowest BCUT2D eigenvalue weighted by Crippen LogP contribution is -2.33. The summed E-state index contributed by atoms with van der Waals surface area (Å²) in [6, 6.07) is 7.16. The predicted molar refractivity (Wildman–Crippen MR) is 77.5 cm³/mol. The molecule has 1 aromatic rings. The third kappa shape index (κ3) is 4.29. The Kier molecular flexibility index (Phi) is 6.88.